The van der Waals surface area contributed by atoms with Gasteiger partial charge in [-0.25, -0.2) is 4.39 Å². The van der Waals surface area contributed by atoms with E-state index in [9.17, 15) is 9.18 Å². The third kappa shape index (κ3) is 3.56. The summed E-state index contributed by atoms with van der Waals surface area (Å²) >= 11 is 0. The van der Waals surface area contributed by atoms with E-state index < -0.39 is 0 Å². The number of halogens is 1. The summed E-state index contributed by atoms with van der Waals surface area (Å²) < 4.78 is 18.9. The molecule has 1 aromatic heterocycles. The molecule has 0 saturated carbocycles. The molecule has 1 fully saturated rings. The molecule has 0 radical (unpaired) electrons. The number of benzene rings is 1. The van der Waals surface area contributed by atoms with Gasteiger partial charge in [0.2, 0.25) is 11.8 Å². The first-order valence-electron chi connectivity index (χ1n) is 8.02. The lowest BCUT2D eigenvalue weighted by atomic mass is 10.2. The number of amides is 1. The van der Waals surface area contributed by atoms with Crippen molar-refractivity contribution in [1.82, 2.24) is 10.1 Å². The van der Waals surface area contributed by atoms with Gasteiger partial charge in [-0.3, -0.25) is 15.0 Å². The van der Waals surface area contributed by atoms with Gasteiger partial charge in [0.25, 0.3) is 0 Å². The maximum Gasteiger partial charge on any atom is 0.243 e. The molecule has 1 aromatic carbocycles. The summed E-state index contributed by atoms with van der Waals surface area (Å²) in [4.78, 5) is 16.4. The molecule has 1 amide bonds. The first-order valence-corrected chi connectivity index (χ1v) is 8.02. The monoisotopic (exact) mass is 332 g/mol. The highest BCUT2D eigenvalue weighted by Gasteiger charge is 2.27. The van der Waals surface area contributed by atoms with Crippen molar-refractivity contribution in [2.24, 2.45) is 0 Å². The largest absolute Gasteiger partial charge is 0.367 e. The highest BCUT2D eigenvalue weighted by Crippen LogP contribution is 2.21. The second-order valence-corrected chi connectivity index (χ2v) is 5.97. The number of aromatic nitrogens is 1. The normalized spacial score (nSPS) is 16.9. The molecular formula is C17H21FN4O2. The topological polar surface area (TPSA) is 61.6 Å². The van der Waals surface area contributed by atoms with Crippen LogP contribution in [-0.4, -0.2) is 48.2 Å². The fourth-order valence-electron chi connectivity index (χ4n) is 2.87. The van der Waals surface area contributed by atoms with Gasteiger partial charge in [0.15, 0.2) is 0 Å². The molecule has 0 spiro atoms. The van der Waals surface area contributed by atoms with Crippen LogP contribution < -0.4 is 10.2 Å². The Morgan fingerprint density at radius 2 is 2.00 bits per heavy atom. The van der Waals surface area contributed by atoms with Gasteiger partial charge in [0.05, 0.1) is 17.4 Å². The number of aryl methyl sites for hydroxylation is 1. The van der Waals surface area contributed by atoms with Gasteiger partial charge in [-0.15, -0.1) is 0 Å². The van der Waals surface area contributed by atoms with Crippen molar-refractivity contribution in [2.45, 2.75) is 19.9 Å². The number of nitrogens with one attached hydrogen (secondary N) is 1. The molecule has 1 N–H and O–H groups in total. The smallest absolute Gasteiger partial charge is 0.243 e. The zero-order valence-electron chi connectivity index (χ0n) is 13.8. The zero-order valence-corrected chi connectivity index (χ0v) is 13.8. The van der Waals surface area contributed by atoms with Crippen molar-refractivity contribution in [3.8, 4) is 0 Å². The molecular weight excluding hydrogens is 311 g/mol. The minimum absolute atomic E-state index is 0.134. The molecule has 1 aliphatic heterocycles. The maximum absolute atomic E-state index is 13.9. The van der Waals surface area contributed by atoms with Gasteiger partial charge in [0, 0.05) is 32.2 Å². The third-order valence-corrected chi connectivity index (χ3v) is 4.31. The molecule has 6 nitrogen and oxygen atoms in total. The average Bonchev–Trinajstić information content (AvgIpc) is 2.99. The Morgan fingerprint density at radius 1 is 1.29 bits per heavy atom. The first-order chi connectivity index (χ1) is 11.5. The molecule has 1 aliphatic rings. The van der Waals surface area contributed by atoms with E-state index in [2.05, 4.69) is 15.4 Å². The summed E-state index contributed by atoms with van der Waals surface area (Å²) in [6.07, 6.45) is 0. The van der Waals surface area contributed by atoms with E-state index in [1.165, 1.54) is 6.07 Å². The van der Waals surface area contributed by atoms with Gasteiger partial charge < -0.3 is 9.42 Å². The van der Waals surface area contributed by atoms with Crippen LogP contribution in [0.1, 0.15) is 12.6 Å². The van der Waals surface area contributed by atoms with Crippen molar-refractivity contribution in [3.63, 3.8) is 0 Å². The van der Waals surface area contributed by atoms with Crippen molar-refractivity contribution in [1.29, 1.82) is 0 Å². The summed E-state index contributed by atoms with van der Waals surface area (Å²) in [5, 5.41) is 6.48. The SMILES string of the molecule is Cc1cc(NC(=O)C(C)N2CCN(c3ccccc3F)CC2)on1. The van der Waals surface area contributed by atoms with Crippen LogP contribution in [0.3, 0.4) is 0 Å². The van der Waals surface area contributed by atoms with Gasteiger partial charge >= 0.3 is 0 Å². The van der Waals surface area contributed by atoms with Gasteiger partial charge in [0.1, 0.15) is 5.82 Å². The van der Waals surface area contributed by atoms with Crippen LogP contribution in [0.4, 0.5) is 16.0 Å². The molecule has 1 atom stereocenters. The van der Waals surface area contributed by atoms with Crippen LogP contribution in [0.25, 0.3) is 0 Å². The number of hydrogen-bond acceptors (Lipinski definition) is 5. The van der Waals surface area contributed by atoms with Crippen molar-refractivity contribution < 1.29 is 13.7 Å². The van der Waals surface area contributed by atoms with Crippen molar-refractivity contribution >= 4 is 17.5 Å². The summed E-state index contributed by atoms with van der Waals surface area (Å²) in [5.41, 5.74) is 1.34. The number of anilines is 2. The third-order valence-electron chi connectivity index (χ3n) is 4.31. The fraction of sp³-hybridized carbons (Fsp3) is 0.412. The second kappa shape index (κ2) is 7.00. The van der Waals surface area contributed by atoms with Crippen LogP contribution in [-0.2, 0) is 4.79 Å². The molecule has 1 saturated heterocycles. The minimum Gasteiger partial charge on any atom is -0.367 e. The summed E-state index contributed by atoms with van der Waals surface area (Å²) in [6.45, 7) is 6.40. The number of rotatable bonds is 4. The van der Waals surface area contributed by atoms with E-state index in [-0.39, 0.29) is 17.8 Å². The number of carbonyl (C=O) groups is 1. The van der Waals surface area contributed by atoms with E-state index in [0.29, 0.717) is 37.8 Å². The predicted molar refractivity (Wildman–Crippen MR) is 89.5 cm³/mol. The van der Waals surface area contributed by atoms with E-state index >= 15 is 0 Å². The number of piperazine rings is 1. The summed E-state index contributed by atoms with van der Waals surface area (Å²) in [7, 11) is 0. The summed E-state index contributed by atoms with van der Waals surface area (Å²) in [6, 6.07) is 8.16. The molecule has 2 aromatic rings. The zero-order chi connectivity index (χ0) is 17.1. The highest BCUT2D eigenvalue weighted by atomic mass is 19.1. The van der Waals surface area contributed by atoms with Crippen LogP contribution in [0.2, 0.25) is 0 Å². The highest BCUT2D eigenvalue weighted by molar-refractivity contribution is 5.93. The van der Waals surface area contributed by atoms with Crippen molar-refractivity contribution in [3.05, 3.63) is 41.8 Å². The van der Waals surface area contributed by atoms with Crippen LogP contribution >= 0.6 is 0 Å². The van der Waals surface area contributed by atoms with Crippen LogP contribution in [0.15, 0.2) is 34.9 Å². The Bertz CT molecular complexity index is 710. The number of nitrogens with zero attached hydrogens (tertiary/aromatic N) is 3. The molecule has 2 heterocycles. The summed E-state index contributed by atoms with van der Waals surface area (Å²) in [5.74, 6) is 0.0114. The molecule has 0 bridgehead atoms. The Balaban J connectivity index is 1.56. The Kier molecular flexibility index (Phi) is 4.80. The van der Waals surface area contributed by atoms with E-state index in [1.54, 1.807) is 25.1 Å². The first kappa shape index (κ1) is 16.4. The number of carbonyl (C=O) groups excluding carboxylic acids is 1. The molecule has 0 aliphatic carbocycles. The van der Waals surface area contributed by atoms with E-state index in [0.717, 1.165) is 5.69 Å². The predicted octanol–water partition coefficient (Wildman–Crippen LogP) is 2.27. The Labute approximate surface area is 140 Å². The quantitative estimate of drug-likeness (QED) is 0.931. The molecule has 7 heteroatoms. The van der Waals surface area contributed by atoms with Crippen molar-refractivity contribution in [2.75, 3.05) is 36.4 Å². The molecule has 1 unspecified atom stereocenters. The van der Waals surface area contributed by atoms with Gasteiger partial charge in [-0.1, -0.05) is 17.3 Å². The number of para-hydroxylation sites is 1. The average molecular weight is 332 g/mol. The van der Waals surface area contributed by atoms with Gasteiger partial charge in [-0.2, -0.15) is 0 Å². The molecule has 3 rings (SSSR count). The van der Waals surface area contributed by atoms with Crippen LogP contribution in [0.5, 0.6) is 0 Å². The number of hydrogen-bond donors (Lipinski definition) is 1. The lowest BCUT2D eigenvalue weighted by Gasteiger charge is -2.38. The Hall–Kier alpha value is -2.41. The van der Waals surface area contributed by atoms with Crippen LogP contribution in [0, 0.1) is 12.7 Å². The Morgan fingerprint density at radius 3 is 2.62 bits per heavy atom. The molecule has 128 valence electrons. The van der Waals surface area contributed by atoms with E-state index in [4.69, 9.17) is 4.52 Å². The second-order valence-electron chi connectivity index (χ2n) is 5.97. The minimum atomic E-state index is -0.293. The maximum atomic E-state index is 13.9. The molecule has 24 heavy (non-hydrogen) atoms. The van der Waals surface area contributed by atoms with Gasteiger partial charge in [-0.05, 0) is 26.0 Å². The standard InChI is InChI=1S/C17H21FN4O2/c1-12-11-16(24-20-12)19-17(23)13(2)21-7-9-22(10-8-21)15-6-4-3-5-14(15)18/h3-6,11,13H,7-10H2,1-2H3,(H,19,23). The lowest BCUT2D eigenvalue weighted by Crippen LogP contribution is -2.53. The fourth-order valence-corrected chi connectivity index (χ4v) is 2.87. The van der Waals surface area contributed by atoms with E-state index in [1.807, 2.05) is 17.9 Å². The lowest BCUT2D eigenvalue weighted by molar-refractivity contribution is -0.121.